The Balaban J connectivity index is 1.97. The van der Waals surface area contributed by atoms with Crippen molar-refractivity contribution < 1.29 is 14.0 Å². The molecule has 0 aromatic heterocycles. The van der Waals surface area contributed by atoms with Gasteiger partial charge in [-0.05, 0) is 49.2 Å². The number of hydrazine groups is 1. The molecule has 1 N–H and O–H groups in total. The topological polar surface area (TPSA) is 49.4 Å². The Kier molecular flexibility index (Phi) is 3.70. The minimum atomic E-state index is -0.545. The van der Waals surface area contributed by atoms with Crippen molar-refractivity contribution in [1.29, 1.82) is 0 Å². The molecule has 0 radical (unpaired) electrons. The van der Waals surface area contributed by atoms with Gasteiger partial charge < -0.3 is 0 Å². The number of halogens is 1. The molecule has 0 spiro atoms. The van der Waals surface area contributed by atoms with E-state index in [0.29, 0.717) is 5.69 Å². The maximum atomic E-state index is 13.7. The summed E-state index contributed by atoms with van der Waals surface area (Å²) < 4.78 is 13.7. The number of nitrogens with one attached hydrogen (secondary N) is 1. The average molecular weight is 310 g/mol. The summed E-state index contributed by atoms with van der Waals surface area (Å²) in [5.41, 5.74) is 5.30. The lowest BCUT2D eigenvalue weighted by Gasteiger charge is -2.15. The van der Waals surface area contributed by atoms with Crippen molar-refractivity contribution in [3.63, 3.8) is 0 Å². The molecule has 3 rings (SSSR count). The van der Waals surface area contributed by atoms with E-state index in [-0.39, 0.29) is 11.1 Å². The van der Waals surface area contributed by atoms with E-state index in [1.54, 1.807) is 18.2 Å². The van der Waals surface area contributed by atoms with Crippen LogP contribution in [0.1, 0.15) is 16.7 Å². The van der Waals surface area contributed by atoms with Crippen molar-refractivity contribution in [3.05, 3.63) is 70.5 Å². The molecule has 1 aliphatic heterocycles. The van der Waals surface area contributed by atoms with Crippen molar-refractivity contribution in [2.24, 2.45) is 0 Å². The number of carbonyl (C=O) groups excluding carboxylic acids is 2. The van der Waals surface area contributed by atoms with E-state index in [1.807, 2.05) is 26.0 Å². The third-order valence-electron chi connectivity index (χ3n) is 3.85. The number of amides is 2. The van der Waals surface area contributed by atoms with Gasteiger partial charge in [0.25, 0.3) is 11.8 Å². The molecule has 0 unspecified atom stereocenters. The fraction of sp³-hybridized carbons (Fsp3) is 0.111. The van der Waals surface area contributed by atoms with E-state index in [4.69, 9.17) is 0 Å². The second-order valence-corrected chi connectivity index (χ2v) is 5.43. The minimum absolute atomic E-state index is 0.0895. The molecule has 1 heterocycles. The summed E-state index contributed by atoms with van der Waals surface area (Å²) >= 11 is 0. The number of anilines is 1. The van der Waals surface area contributed by atoms with Gasteiger partial charge >= 0.3 is 0 Å². The lowest BCUT2D eigenvalue weighted by atomic mass is 10.1. The number of aryl methyl sites for hydroxylation is 2. The summed E-state index contributed by atoms with van der Waals surface area (Å²) in [5.74, 6) is -1.52. The van der Waals surface area contributed by atoms with Gasteiger partial charge in [0.1, 0.15) is 11.4 Å². The number of carbonyl (C=O) groups is 2. The lowest BCUT2D eigenvalue weighted by Crippen LogP contribution is -2.35. The second kappa shape index (κ2) is 5.68. The molecule has 0 atom stereocenters. The maximum Gasteiger partial charge on any atom is 0.282 e. The van der Waals surface area contributed by atoms with Crippen molar-refractivity contribution in [3.8, 4) is 0 Å². The first kappa shape index (κ1) is 15.0. The van der Waals surface area contributed by atoms with Crippen molar-refractivity contribution in [2.45, 2.75) is 13.8 Å². The first-order chi connectivity index (χ1) is 11.0. The Morgan fingerprint density at radius 3 is 2.48 bits per heavy atom. The number of rotatable bonds is 2. The van der Waals surface area contributed by atoms with E-state index in [2.05, 4.69) is 5.43 Å². The lowest BCUT2D eigenvalue weighted by molar-refractivity contribution is -0.117. The Morgan fingerprint density at radius 2 is 1.78 bits per heavy atom. The third kappa shape index (κ3) is 2.73. The van der Waals surface area contributed by atoms with Crippen LogP contribution in [0.4, 0.5) is 10.1 Å². The highest BCUT2D eigenvalue weighted by atomic mass is 19.1. The third-order valence-corrected chi connectivity index (χ3v) is 3.85. The molecule has 1 saturated heterocycles. The van der Waals surface area contributed by atoms with Crippen LogP contribution in [0.5, 0.6) is 0 Å². The van der Waals surface area contributed by atoms with Gasteiger partial charge in [0.2, 0.25) is 0 Å². The largest absolute Gasteiger partial charge is 0.282 e. The number of nitrogens with zero attached hydrogens (tertiary/aromatic N) is 1. The van der Waals surface area contributed by atoms with E-state index >= 15 is 0 Å². The summed E-state index contributed by atoms with van der Waals surface area (Å²) in [4.78, 5) is 24.6. The zero-order valence-electron chi connectivity index (χ0n) is 12.8. The summed E-state index contributed by atoms with van der Waals surface area (Å²) in [6.07, 6.45) is 1.27. The Hall–Kier alpha value is -2.95. The molecule has 4 nitrogen and oxygen atoms in total. The molecule has 0 aliphatic carbocycles. The maximum absolute atomic E-state index is 13.7. The van der Waals surface area contributed by atoms with Crippen LogP contribution >= 0.6 is 0 Å². The van der Waals surface area contributed by atoms with Crippen molar-refractivity contribution in [2.75, 3.05) is 5.01 Å². The second-order valence-electron chi connectivity index (χ2n) is 5.43. The first-order valence-corrected chi connectivity index (χ1v) is 7.16. The minimum Gasteiger partial charge on any atom is -0.267 e. The van der Waals surface area contributed by atoms with Crippen LogP contribution in [0.15, 0.2) is 48.0 Å². The van der Waals surface area contributed by atoms with E-state index in [1.165, 1.54) is 23.2 Å². The molecule has 0 bridgehead atoms. The fourth-order valence-electron chi connectivity index (χ4n) is 2.35. The smallest absolute Gasteiger partial charge is 0.267 e. The Bertz CT molecular complexity index is 843. The predicted molar refractivity (Wildman–Crippen MR) is 85.9 cm³/mol. The summed E-state index contributed by atoms with van der Waals surface area (Å²) in [6, 6.07) is 11.4. The Morgan fingerprint density at radius 1 is 1.04 bits per heavy atom. The van der Waals surface area contributed by atoms with Crippen molar-refractivity contribution in [1.82, 2.24) is 5.43 Å². The molecule has 23 heavy (non-hydrogen) atoms. The van der Waals surface area contributed by atoms with Gasteiger partial charge in [-0.3, -0.25) is 15.0 Å². The summed E-state index contributed by atoms with van der Waals surface area (Å²) in [6.45, 7) is 3.89. The summed E-state index contributed by atoms with van der Waals surface area (Å²) in [7, 11) is 0. The molecule has 0 saturated carbocycles. The van der Waals surface area contributed by atoms with Crippen LogP contribution in [0.2, 0.25) is 0 Å². The van der Waals surface area contributed by atoms with Gasteiger partial charge in [-0.15, -0.1) is 0 Å². The van der Waals surface area contributed by atoms with Crippen LogP contribution in [-0.4, -0.2) is 11.8 Å². The highest BCUT2D eigenvalue weighted by Gasteiger charge is 2.34. The van der Waals surface area contributed by atoms with Gasteiger partial charge in [-0.2, -0.15) is 0 Å². The van der Waals surface area contributed by atoms with Crippen LogP contribution in [0.25, 0.3) is 6.08 Å². The van der Waals surface area contributed by atoms with E-state index in [9.17, 15) is 14.0 Å². The van der Waals surface area contributed by atoms with Crippen molar-refractivity contribution >= 4 is 23.6 Å². The summed E-state index contributed by atoms with van der Waals surface area (Å²) in [5, 5.41) is 1.18. The molecule has 1 aliphatic rings. The predicted octanol–water partition coefficient (Wildman–Crippen LogP) is 2.90. The molecular weight excluding hydrogens is 295 g/mol. The van der Waals surface area contributed by atoms with E-state index < -0.39 is 17.6 Å². The van der Waals surface area contributed by atoms with Crippen LogP contribution in [0, 0.1) is 19.7 Å². The zero-order valence-corrected chi connectivity index (χ0v) is 12.8. The molecule has 2 aromatic carbocycles. The molecule has 2 aromatic rings. The quantitative estimate of drug-likeness (QED) is 0.685. The monoisotopic (exact) mass is 310 g/mol. The molecular formula is C18H15FN2O2. The van der Waals surface area contributed by atoms with Gasteiger partial charge in [0.15, 0.2) is 0 Å². The highest BCUT2D eigenvalue weighted by Crippen LogP contribution is 2.24. The van der Waals surface area contributed by atoms with Gasteiger partial charge in [0.05, 0.1) is 5.69 Å². The van der Waals surface area contributed by atoms with Crippen LogP contribution in [-0.2, 0) is 9.59 Å². The number of hydrogen-bond acceptors (Lipinski definition) is 2. The number of hydrogen-bond donors (Lipinski definition) is 1. The first-order valence-electron chi connectivity index (χ1n) is 7.16. The van der Waals surface area contributed by atoms with Gasteiger partial charge in [-0.25, -0.2) is 9.40 Å². The normalized spacial score (nSPS) is 16.1. The Labute approximate surface area is 133 Å². The molecule has 5 heteroatoms. The fourth-order valence-corrected chi connectivity index (χ4v) is 2.35. The van der Waals surface area contributed by atoms with Crippen LogP contribution in [0.3, 0.4) is 0 Å². The molecule has 2 amide bonds. The standard InChI is InChI=1S/C18H15FN2O2/c1-11-7-8-14(9-12(11)2)21-18(23)15(17(22)20-21)10-13-5-3-4-6-16(13)19/h3-10H,1-2H3,(H,20,22). The zero-order chi connectivity index (χ0) is 16.6. The number of benzene rings is 2. The van der Waals surface area contributed by atoms with Gasteiger partial charge in [0, 0.05) is 5.56 Å². The van der Waals surface area contributed by atoms with Gasteiger partial charge in [-0.1, -0.05) is 24.3 Å². The highest BCUT2D eigenvalue weighted by molar-refractivity contribution is 6.31. The van der Waals surface area contributed by atoms with Crippen LogP contribution < -0.4 is 10.4 Å². The SMILES string of the molecule is Cc1ccc(N2NC(=O)C(=Cc3ccccc3F)C2=O)cc1C. The average Bonchev–Trinajstić information content (AvgIpc) is 2.80. The molecule has 116 valence electrons. The van der Waals surface area contributed by atoms with E-state index in [0.717, 1.165) is 11.1 Å². The molecule has 1 fully saturated rings.